The molecule has 0 aliphatic rings. The molecule has 2 rings (SSSR count). The van der Waals surface area contributed by atoms with Crippen LogP contribution in [0.5, 0.6) is 0 Å². The standard InChI is InChI=1S/C13H11N2O/c16-13(11-7-3-1-4-8-11)15-14-12-9-5-2-6-10-12/h1-10H,(H,15,16). The van der Waals surface area contributed by atoms with Gasteiger partial charge in [0.05, 0.1) is 5.69 Å². The fourth-order valence-corrected chi connectivity index (χ4v) is 1.27. The van der Waals surface area contributed by atoms with Crippen molar-refractivity contribution in [3.63, 3.8) is 0 Å². The zero-order valence-electron chi connectivity index (χ0n) is 8.63. The Morgan fingerprint density at radius 2 is 1.44 bits per heavy atom. The highest BCUT2D eigenvalue weighted by atomic mass is 16.2. The van der Waals surface area contributed by atoms with Gasteiger partial charge in [-0.25, -0.2) is 5.43 Å². The highest BCUT2D eigenvalue weighted by molar-refractivity contribution is 5.93. The molecule has 0 aliphatic heterocycles. The predicted molar refractivity (Wildman–Crippen MR) is 62.1 cm³/mol. The molecule has 2 aromatic rings. The molecular formula is C13H11N2O. The van der Waals surface area contributed by atoms with Gasteiger partial charge in [0.2, 0.25) is 0 Å². The highest BCUT2D eigenvalue weighted by Crippen LogP contribution is 2.04. The molecule has 3 heteroatoms. The van der Waals surface area contributed by atoms with Gasteiger partial charge in [0.25, 0.3) is 5.91 Å². The summed E-state index contributed by atoms with van der Waals surface area (Å²) in [7, 11) is 0. The number of amides is 1. The SMILES string of the molecule is O=C(N[N]c1ccccc1)c1ccccc1. The van der Waals surface area contributed by atoms with Crippen LogP contribution in [0.2, 0.25) is 0 Å². The number of hydrogen-bond acceptors (Lipinski definition) is 1. The van der Waals surface area contributed by atoms with Crippen molar-refractivity contribution in [1.82, 2.24) is 10.9 Å². The molecule has 0 unspecified atom stereocenters. The Morgan fingerprint density at radius 3 is 2.06 bits per heavy atom. The number of nitrogens with zero attached hydrogens (tertiary/aromatic N) is 1. The zero-order chi connectivity index (χ0) is 11.2. The predicted octanol–water partition coefficient (Wildman–Crippen LogP) is 2.27. The van der Waals surface area contributed by atoms with Crippen LogP contribution in [0.3, 0.4) is 0 Å². The minimum absolute atomic E-state index is 0.204. The quantitative estimate of drug-likeness (QED) is 0.777. The van der Waals surface area contributed by atoms with Gasteiger partial charge in [0.15, 0.2) is 0 Å². The first-order valence-corrected chi connectivity index (χ1v) is 4.97. The minimum atomic E-state index is -0.204. The van der Waals surface area contributed by atoms with Crippen molar-refractivity contribution in [2.24, 2.45) is 0 Å². The summed E-state index contributed by atoms with van der Waals surface area (Å²) in [5, 5.41) is 0. The van der Waals surface area contributed by atoms with Crippen LogP contribution in [-0.4, -0.2) is 5.91 Å². The van der Waals surface area contributed by atoms with Crippen LogP contribution < -0.4 is 10.9 Å². The number of nitrogens with one attached hydrogen (secondary N) is 1. The van der Waals surface area contributed by atoms with E-state index in [1.54, 1.807) is 12.1 Å². The van der Waals surface area contributed by atoms with Crippen molar-refractivity contribution in [1.29, 1.82) is 0 Å². The van der Waals surface area contributed by atoms with Crippen LogP contribution >= 0.6 is 0 Å². The van der Waals surface area contributed by atoms with E-state index in [-0.39, 0.29) is 5.91 Å². The Morgan fingerprint density at radius 1 is 0.875 bits per heavy atom. The molecule has 0 saturated heterocycles. The van der Waals surface area contributed by atoms with Crippen molar-refractivity contribution in [2.75, 3.05) is 0 Å². The average molecular weight is 211 g/mol. The molecule has 3 nitrogen and oxygen atoms in total. The number of para-hydroxylation sites is 1. The van der Waals surface area contributed by atoms with E-state index in [9.17, 15) is 4.79 Å². The molecule has 0 aliphatic carbocycles. The van der Waals surface area contributed by atoms with Crippen LogP contribution in [0.15, 0.2) is 60.7 Å². The van der Waals surface area contributed by atoms with Gasteiger partial charge in [-0.05, 0) is 24.3 Å². The number of hydrogen-bond donors (Lipinski definition) is 1. The summed E-state index contributed by atoms with van der Waals surface area (Å²) in [5.74, 6) is -0.204. The van der Waals surface area contributed by atoms with Crippen LogP contribution in [0.4, 0.5) is 5.69 Å². The third kappa shape index (κ3) is 2.60. The Labute approximate surface area is 94.1 Å². The summed E-state index contributed by atoms with van der Waals surface area (Å²) < 4.78 is 0. The minimum Gasteiger partial charge on any atom is -0.267 e. The van der Waals surface area contributed by atoms with Crippen molar-refractivity contribution < 1.29 is 4.79 Å². The first-order valence-electron chi connectivity index (χ1n) is 4.97. The third-order valence-corrected chi connectivity index (χ3v) is 2.08. The van der Waals surface area contributed by atoms with Crippen LogP contribution in [0.1, 0.15) is 10.4 Å². The summed E-state index contributed by atoms with van der Waals surface area (Å²) >= 11 is 0. The fourth-order valence-electron chi connectivity index (χ4n) is 1.27. The molecule has 0 saturated carbocycles. The number of carbonyl (C=O) groups is 1. The first kappa shape index (κ1) is 10.2. The van der Waals surface area contributed by atoms with E-state index in [0.717, 1.165) is 5.69 Å². The lowest BCUT2D eigenvalue weighted by atomic mass is 10.2. The normalized spacial score (nSPS) is 9.50. The maximum absolute atomic E-state index is 11.6. The van der Waals surface area contributed by atoms with E-state index in [0.29, 0.717) is 5.56 Å². The summed E-state index contributed by atoms with van der Waals surface area (Å²) in [6.45, 7) is 0. The Kier molecular flexibility index (Phi) is 3.18. The maximum Gasteiger partial charge on any atom is 0.271 e. The van der Waals surface area contributed by atoms with Gasteiger partial charge in [-0.1, -0.05) is 36.4 Å². The van der Waals surface area contributed by atoms with Crippen molar-refractivity contribution in [3.05, 3.63) is 66.2 Å². The molecular weight excluding hydrogens is 200 g/mol. The van der Waals surface area contributed by atoms with Crippen molar-refractivity contribution in [2.45, 2.75) is 0 Å². The monoisotopic (exact) mass is 211 g/mol. The van der Waals surface area contributed by atoms with E-state index in [1.165, 1.54) is 0 Å². The van der Waals surface area contributed by atoms with Crippen molar-refractivity contribution in [3.8, 4) is 0 Å². The van der Waals surface area contributed by atoms with E-state index >= 15 is 0 Å². The number of carbonyl (C=O) groups excluding carboxylic acids is 1. The molecule has 1 N–H and O–H groups in total. The summed E-state index contributed by atoms with van der Waals surface area (Å²) in [6.07, 6.45) is 0. The second-order valence-corrected chi connectivity index (χ2v) is 3.25. The summed E-state index contributed by atoms with van der Waals surface area (Å²) in [5.41, 5.74) is 7.81. The van der Waals surface area contributed by atoms with Crippen molar-refractivity contribution >= 4 is 11.6 Å². The van der Waals surface area contributed by atoms with Gasteiger partial charge in [-0.3, -0.25) is 4.79 Å². The smallest absolute Gasteiger partial charge is 0.267 e. The van der Waals surface area contributed by atoms with E-state index < -0.39 is 0 Å². The van der Waals surface area contributed by atoms with E-state index in [1.807, 2.05) is 48.5 Å². The van der Waals surface area contributed by atoms with Gasteiger partial charge < -0.3 is 0 Å². The molecule has 0 heterocycles. The largest absolute Gasteiger partial charge is 0.271 e. The average Bonchev–Trinajstić information content (AvgIpc) is 2.38. The fraction of sp³-hybridized carbons (Fsp3) is 0. The molecule has 0 bridgehead atoms. The zero-order valence-corrected chi connectivity index (χ0v) is 8.63. The molecule has 0 fully saturated rings. The molecule has 1 radical (unpaired) electrons. The first-order chi connectivity index (χ1) is 7.86. The molecule has 1 amide bonds. The van der Waals surface area contributed by atoms with Gasteiger partial charge in [-0.2, -0.15) is 5.43 Å². The van der Waals surface area contributed by atoms with E-state index in [2.05, 4.69) is 10.9 Å². The molecule has 79 valence electrons. The Balaban J connectivity index is 1.95. The topological polar surface area (TPSA) is 43.2 Å². The second-order valence-electron chi connectivity index (χ2n) is 3.25. The Hall–Kier alpha value is -2.29. The van der Waals surface area contributed by atoms with Crippen LogP contribution in [0, 0.1) is 0 Å². The number of rotatable bonds is 3. The van der Waals surface area contributed by atoms with Crippen LogP contribution in [0.25, 0.3) is 0 Å². The lowest BCUT2D eigenvalue weighted by Crippen LogP contribution is -2.28. The summed E-state index contributed by atoms with van der Waals surface area (Å²) in [6, 6.07) is 18.3. The van der Waals surface area contributed by atoms with E-state index in [4.69, 9.17) is 0 Å². The maximum atomic E-state index is 11.6. The van der Waals surface area contributed by atoms with Gasteiger partial charge in [-0.15, -0.1) is 0 Å². The Bertz CT molecular complexity index is 454. The molecule has 16 heavy (non-hydrogen) atoms. The molecule has 0 atom stereocenters. The lowest BCUT2D eigenvalue weighted by Gasteiger charge is -2.04. The molecule has 2 aromatic carbocycles. The van der Waals surface area contributed by atoms with Gasteiger partial charge in [0.1, 0.15) is 0 Å². The molecule has 0 spiro atoms. The lowest BCUT2D eigenvalue weighted by molar-refractivity contribution is 0.0940. The number of benzene rings is 2. The van der Waals surface area contributed by atoms with Gasteiger partial charge in [0, 0.05) is 5.56 Å². The highest BCUT2D eigenvalue weighted by Gasteiger charge is 2.03. The second kappa shape index (κ2) is 4.98. The summed E-state index contributed by atoms with van der Waals surface area (Å²) in [4.78, 5) is 11.6. The van der Waals surface area contributed by atoms with Crippen LogP contribution in [-0.2, 0) is 0 Å². The third-order valence-electron chi connectivity index (χ3n) is 2.08. The van der Waals surface area contributed by atoms with Gasteiger partial charge >= 0.3 is 0 Å². The molecule has 0 aromatic heterocycles.